The maximum Gasteiger partial charge on any atom is 0.256 e. The Hall–Kier alpha value is -2.70. The standard InChI is InChI=1S/C17H18FN3O3/c1-23-15-8-9-16(20-19-15)24-12-5-4-10-21(11-12)17(22)13-6-2-3-7-14(13)18/h2-3,6-9,12H,4-5,10-11H2,1H3. The molecule has 1 aliphatic rings. The van der Waals surface area contributed by atoms with Gasteiger partial charge >= 0.3 is 0 Å². The number of aromatic nitrogens is 2. The number of rotatable bonds is 4. The van der Waals surface area contributed by atoms with Gasteiger partial charge in [0.25, 0.3) is 5.91 Å². The molecule has 2 heterocycles. The first kappa shape index (κ1) is 16.2. The fourth-order valence-corrected chi connectivity index (χ4v) is 2.67. The maximum absolute atomic E-state index is 13.8. The minimum absolute atomic E-state index is 0.0855. The van der Waals surface area contributed by atoms with Crippen molar-refractivity contribution < 1.29 is 18.7 Å². The molecule has 1 amide bonds. The van der Waals surface area contributed by atoms with E-state index in [-0.39, 0.29) is 17.6 Å². The number of halogens is 1. The zero-order chi connectivity index (χ0) is 16.9. The fraction of sp³-hybridized carbons (Fsp3) is 0.353. The van der Waals surface area contributed by atoms with Crippen LogP contribution in [0.15, 0.2) is 36.4 Å². The highest BCUT2D eigenvalue weighted by Gasteiger charge is 2.27. The van der Waals surface area contributed by atoms with E-state index < -0.39 is 5.82 Å². The molecule has 7 heteroatoms. The zero-order valence-corrected chi connectivity index (χ0v) is 13.3. The van der Waals surface area contributed by atoms with Gasteiger partial charge in [0, 0.05) is 18.7 Å². The number of hydrogen-bond donors (Lipinski definition) is 0. The predicted octanol–water partition coefficient (Wildman–Crippen LogP) is 2.31. The quantitative estimate of drug-likeness (QED) is 0.860. The molecule has 2 aromatic rings. The third kappa shape index (κ3) is 3.61. The molecule has 24 heavy (non-hydrogen) atoms. The average molecular weight is 331 g/mol. The van der Waals surface area contributed by atoms with Crippen molar-refractivity contribution in [3.63, 3.8) is 0 Å². The number of methoxy groups -OCH3 is 1. The van der Waals surface area contributed by atoms with Gasteiger partial charge in [0.05, 0.1) is 19.2 Å². The molecule has 6 nitrogen and oxygen atoms in total. The number of amides is 1. The molecule has 3 rings (SSSR count). The smallest absolute Gasteiger partial charge is 0.256 e. The van der Waals surface area contributed by atoms with E-state index in [9.17, 15) is 9.18 Å². The number of carbonyl (C=O) groups excluding carboxylic acids is 1. The Kier molecular flexibility index (Phi) is 4.88. The number of benzene rings is 1. The summed E-state index contributed by atoms with van der Waals surface area (Å²) in [6, 6.07) is 9.34. The predicted molar refractivity (Wildman–Crippen MR) is 84.5 cm³/mol. The summed E-state index contributed by atoms with van der Waals surface area (Å²) in [7, 11) is 1.51. The highest BCUT2D eigenvalue weighted by Crippen LogP contribution is 2.20. The first-order valence-corrected chi connectivity index (χ1v) is 7.75. The van der Waals surface area contributed by atoms with E-state index in [0.717, 1.165) is 12.8 Å². The van der Waals surface area contributed by atoms with Crippen molar-refractivity contribution in [2.45, 2.75) is 18.9 Å². The van der Waals surface area contributed by atoms with Crippen molar-refractivity contribution in [3.05, 3.63) is 47.8 Å². The third-order valence-electron chi connectivity index (χ3n) is 3.88. The number of carbonyl (C=O) groups is 1. The summed E-state index contributed by atoms with van der Waals surface area (Å²) in [5.74, 6) is -0.0443. The van der Waals surface area contributed by atoms with E-state index in [1.165, 1.54) is 19.2 Å². The second kappa shape index (κ2) is 7.25. The van der Waals surface area contributed by atoms with E-state index >= 15 is 0 Å². The van der Waals surface area contributed by atoms with Crippen molar-refractivity contribution in [3.8, 4) is 11.8 Å². The number of piperidine rings is 1. The molecule has 0 bridgehead atoms. The molecule has 1 atom stereocenters. The number of hydrogen-bond acceptors (Lipinski definition) is 5. The van der Waals surface area contributed by atoms with Crippen molar-refractivity contribution in [1.82, 2.24) is 15.1 Å². The normalized spacial score (nSPS) is 17.4. The first-order chi connectivity index (χ1) is 11.7. The van der Waals surface area contributed by atoms with Gasteiger partial charge in [-0.1, -0.05) is 12.1 Å². The Bertz CT molecular complexity index is 708. The van der Waals surface area contributed by atoms with Crippen LogP contribution in [0.4, 0.5) is 4.39 Å². The molecule has 1 aromatic heterocycles. The molecule has 1 fully saturated rings. The highest BCUT2D eigenvalue weighted by molar-refractivity contribution is 5.94. The van der Waals surface area contributed by atoms with Gasteiger partial charge in [-0.25, -0.2) is 4.39 Å². The van der Waals surface area contributed by atoms with Crippen LogP contribution >= 0.6 is 0 Å². The summed E-state index contributed by atoms with van der Waals surface area (Å²) in [5.41, 5.74) is 0.0855. The molecule has 126 valence electrons. The van der Waals surface area contributed by atoms with Crippen molar-refractivity contribution >= 4 is 5.91 Å². The molecule has 1 unspecified atom stereocenters. The van der Waals surface area contributed by atoms with Gasteiger partial charge in [-0.05, 0) is 25.0 Å². The van der Waals surface area contributed by atoms with Crippen LogP contribution < -0.4 is 9.47 Å². The highest BCUT2D eigenvalue weighted by atomic mass is 19.1. The molecule has 1 saturated heterocycles. The second-order valence-corrected chi connectivity index (χ2v) is 5.53. The number of ether oxygens (including phenoxy) is 2. The Balaban J connectivity index is 1.65. The fourth-order valence-electron chi connectivity index (χ4n) is 2.67. The minimum atomic E-state index is -0.508. The largest absolute Gasteiger partial charge is 0.480 e. The van der Waals surface area contributed by atoms with Gasteiger partial charge in [-0.2, -0.15) is 0 Å². The van der Waals surface area contributed by atoms with E-state index in [4.69, 9.17) is 9.47 Å². The summed E-state index contributed by atoms with van der Waals surface area (Å²) in [6.07, 6.45) is 1.39. The lowest BCUT2D eigenvalue weighted by molar-refractivity contribution is 0.0521. The van der Waals surface area contributed by atoms with Crippen LogP contribution in [0.3, 0.4) is 0 Å². The SMILES string of the molecule is COc1ccc(OC2CCCN(C(=O)c3ccccc3F)C2)nn1. The van der Waals surface area contributed by atoms with Crippen molar-refractivity contribution in [2.24, 2.45) is 0 Å². The zero-order valence-electron chi connectivity index (χ0n) is 13.3. The van der Waals surface area contributed by atoms with Crippen molar-refractivity contribution in [1.29, 1.82) is 0 Å². The van der Waals surface area contributed by atoms with Crippen LogP contribution in [0.25, 0.3) is 0 Å². The Morgan fingerprint density at radius 2 is 1.96 bits per heavy atom. The number of likely N-dealkylation sites (tertiary alicyclic amines) is 1. The lowest BCUT2D eigenvalue weighted by Crippen LogP contribution is -2.44. The molecule has 1 aliphatic heterocycles. The van der Waals surface area contributed by atoms with Crippen LogP contribution in [0.2, 0.25) is 0 Å². The third-order valence-corrected chi connectivity index (χ3v) is 3.88. The molecule has 0 saturated carbocycles. The molecule has 1 aromatic carbocycles. The van der Waals surface area contributed by atoms with E-state index in [1.54, 1.807) is 29.2 Å². The van der Waals surface area contributed by atoms with Gasteiger partial charge in [-0.15, -0.1) is 10.2 Å². The van der Waals surface area contributed by atoms with Gasteiger partial charge in [0.2, 0.25) is 11.8 Å². The van der Waals surface area contributed by atoms with Gasteiger partial charge in [-0.3, -0.25) is 4.79 Å². The van der Waals surface area contributed by atoms with E-state index in [1.807, 2.05) is 0 Å². The van der Waals surface area contributed by atoms with Gasteiger partial charge < -0.3 is 14.4 Å². The summed E-state index contributed by atoms with van der Waals surface area (Å²) >= 11 is 0. The molecule has 0 radical (unpaired) electrons. The Morgan fingerprint density at radius 1 is 1.21 bits per heavy atom. The van der Waals surface area contributed by atoms with Crippen LogP contribution in [-0.2, 0) is 0 Å². The van der Waals surface area contributed by atoms with Gasteiger partial charge in [0.1, 0.15) is 11.9 Å². The summed E-state index contributed by atoms with van der Waals surface area (Å²) in [6.45, 7) is 0.974. The summed E-state index contributed by atoms with van der Waals surface area (Å²) in [4.78, 5) is 14.1. The van der Waals surface area contributed by atoms with Crippen molar-refractivity contribution in [2.75, 3.05) is 20.2 Å². The van der Waals surface area contributed by atoms with E-state index in [2.05, 4.69) is 10.2 Å². The molecule has 0 aliphatic carbocycles. The first-order valence-electron chi connectivity index (χ1n) is 7.75. The molecule has 0 spiro atoms. The number of nitrogens with zero attached hydrogens (tertiary/aromatic N) is 3. The molecular weight excluding hydrogens is 313 g/mol. The van der Waals surface area contributed by atoms with Crippen LogP contribution in [0, 0.1) is 5.82 Å². The minimum Gasteiger partial charge on any atom is -0.480 e. The van der Waals surface area contributed by atoms with Crippen LogP contribution in [-0.4, -0.2) is 47.3 Å². The lowest BCUT2D eigenvalue weighted by atomic mass is 10.1. The monoisotopic (exact) mass is 331 g/mol. The van der Waals surface area contributed by atoms with Gasteiger partial charge in [0.15, 0.2) is 0 Å². The average Bonchev–Trinajstić information content (AvgIpc) is 2.62. The van der Waals surface area contributed by atoms with Crippen LogP contribution in [0.5, 0.6) is 11.8 Å². The Labute approximate surface area is 139 Å². The second-order valence-electron chi connectivity index (χ2n) is 5.53. The molecular formula is C17H18FN3O3. The van der Waals surface area contributed by atoms with Crippen LogP contribution in [0.1, 0.15) is 23.2 Å². The summed E-state index contributed by atoms with van der Waals surface area (Å²) in [5, 5.41) is 7.77. The molecule has 0 N–H and O–H groups in total. The lowest BCUT2D eigenvalue weighted by Gasteiger charge is -2.32. The maximum atomic E-state index is 13.8. The topological polar surface area (TPSA) is 64.6 Å². The summed E-state index contributed by atoms with van der Waals surface area (Å²) < 4.78 is 24.5. The van der Waals surface area contributed by atoms with E-state index in [0.29, 0.717) is 24.8 Å². The Morgan fingerprint density at radius 3 is 2.67 bits per heavy atom.